The summed E-state index contributed by atoms with van der Waals surface area (Å²) in [4.78, 5) is 57.4. The Morgan fingerprint density at radius 2 is 1.35 bits per heavy atom. The number of para-hydroxylation sites is 1. The zero-order valence-corrected chi connectivity index (χ0v) is 21.6. The lowest BCUT2D eigenvalue weighted by Crippen LogP contribution is -2.29. The van der Waals surface area contributed by atoms with Gasteiger partial charge in [-0.25, -0.2) is 9.88 Å². The quantitative estimate of drug-likeness (QED) is 0.251. The minimum atomic E-state index is -0.492. The summed E-state index contributed by atoms with van der Waals surface area (Å²) in [7, 11) is 0. The second kappa shape index (κ2) is 10.4. The summed E-state index contributed by atoms with van der Waals surface area (Å²) >= 11 is 1.31. The highest BCUT2D eigenvalue weighted by Gasteiger charge is 2.38. The first-order valence-electron chi connectivity index (χ1n) is 12.3. The van der Waals surface area contributed by atoms with Crippen molar-refractivity contribution in [3.05, 3.63) is 131 Å². The Balaban J connectivity index is 1.21. The molecule has 4 amide bonds. The molecule has 1 aliphatic rings. The van der Waals surface area contributed by atoms with Crippen LogP contribution in [0.4, 0.5) is 16.5 Å². The lowest BCUT2D eigenvalue weighted by molar-refractivity contribution is 0.0924. The predicted molar refractivity (Wildman–Crippen MR) is 154 cm³/mol. The lowest BCUT2D eigenvalue weighted by atomic mass is 10.0. The fraction of sp³-hybridized carbons (Fsp3) is 0. The summed E-state index contributed by atoms with van der Waals surface area (Å²) in [5, 5.41) is 7.73. The average Bonchev–Trinajstić information content (AvgIpc) is 3.59. The number of nitrogens with one attached hydrogen (secondary N) is 2. The van der Waals surface area contributed by atoms with E-state index in [0.717, 1.165) is 16.0 Å². The molecule has 0 spiro atoms. The number of hydrogen-bond donors (Lipinski definition) is 2. The van der Waals surface area contributed by atoms with E-state index in [1.807, 2.05) is 42.5 Å². The Kier molecular flexibility index (Phi) is 6.47. The summed E-state index contributed by atoms with van der Waals surface area (Å²) in [5.41, 5.74) is 3.60. The number of imide groups is 1. The third kappa shape index (κ3) is 4.65. The van der Waals surface area contributed by atoms with Crippen molar-refractivity contribution in [2.75, 3.05) is 15.5 Å². The van der Waals surface area contributed by atoms with Gasteiger partial charge in [-0.05, 0) is 54.1 Å². The van der Waals surface area contributed by atoms with Gasteiger partial charge < -0.3 is 5.32 Å². The molecule has 8 nitrogen and oxygen atoms in total. The lowest BCUT2D eigenvalue weighted by Gasteiger charge is -2.18. The molecule has 40 heavy (non-hydrogen) atoms. The van der Waals surface area contributed by atoms with Gasteiger partial charge in [0.15, 0.2) is 5.13 Å². The van der Waals surface area contributed by atoms with E-state index < -0.39 is 17.7 Å². The van der Waals surface area contributed by atoms with E-state index in [1.165, 1.54) is 29.5 Å². The zero-order chi connectivity index (χ0) is 27.6. The molecule has 0 atom stereocenters. The van der Waals surface area contributed by atoms with Gasteiger partial charge in [-0.3, -0.25) is 24.5 Å². The van der Waals surface area contributed by atoms with Gasteiger partial charge in [0.05, 0.1) is 16.8 Å². The van der Waals surface area contributed by atoms with Gasteiger partial charge in [0.25, 0.3) is 23.6 Å². The van der Waals surface area contributed by atoms with Crippen LogP contribution in [0.25, 0.3) is 11.1 Å². The molecule has 0 unspecified atom stereocenters. The number of benzene rings is 4. The molecule has 2 N–H and O–H groups in total. The molecule has 0 aliphatic carbocycles. The van der Waals surface area contributed by atoms with E-state index in [4.69, 9.17) is 0 Å². The minimum absolute atomic E-state index is 0.162. The fourth-order valence-corrected chi connectivity index (χ4v) is 5.02. The third-order valence-corrected chi connectivity index (χ3v) is 7.12. The first kappa shape index (κ1) is 24.9. The Bertz CT molecular complexity index is 1770. The first-order chi connectivity index (χ1) is 19.5. The molecule has 6 rings (SSSR count). The summed E-state index contributed by atoms with van der Waals surface area (Å²) < 4.78 is 0. The fourth-order valence-electron chi connectivity index (χ4n) is 4.49. The number of hydrogen-bond acceptors (Lipinski definition) is 6. The van der Waals surface area contributed by atoms with Crippen molar-refractivity contribution >= 4 is 51.5 Å². The molecule has 0 saturated heterocycles. The Labute approximate surface area is 232 Å². The molecule has 5 aromatic rings. The molecule has 2 heterocycles. The number of nitrogens with zero attached hydrogens (tertiary/aromatic N) is 2. The molecule has 0 fully saturated rings. The van der Waals surface area contributed by atoms with Crippen LogP contribution in [0.3, 0.4) is 0 Å². The number of thiazole rings is 1. The van der Waals surface area contributed by atoms with Crippen molar-refractivity contribution in [2.45, 2.75) is 0 Å². The molecule has 4 aromatic carbocycles. The molecular formula is C31H20N4O4S. The highest BCUT2D eigenvalue weighted by Crippen LogP contribution is 2.36. The number of aromatic nitrogens is 1. The van der Waals surface area contributed by atoms with Gasteiger partial charge >= 0.3 is 0 Å². The van der Waals surface area contributed by atoms with Crippen molar-refractivity contribution in [3.8, 4) is 11.1 Å². The van der Waals surface area contributed by atoms with Crippen LogP contribution in [-0.2, 0) is 0 Å². The number of rotatable bonds is 6. The van der Waals surface area contributed by atoms with E-state index in [0.29, 0.717) is 22.1 Å². The average molecular weight is 545 g/mol. The van der Waals surface area contributed by atoms with Gasteiger partial charge in [0.1, 0.15) is 0 Å². The van der Waals surface area contributed by atoms with Gasteiger partial charge in [-0.2, -0.15) is 0 Å². The van der Waals surface area contributed by atoms with Crippen LogP contribution < -0.4 is 15.5 Å². The van der Waals surface area contributed by atoms with Crippen molar-refractivity contribution in [2.24, 2.45) is 0 Å². The van der Waals surface area contributed by atoms with E-state index in [2.05, 4.69) is 15.6 Å². The van der Waals surface area contributed by atoms with Gasteiger partial charge in [0, 0.05) is 34.0 Å². The van der Waals surface area contributed by atoms with Crippen molar-refractivity contribution in [1.82, 2.24) is 4.98 Å². The SMILES string of the molecule is O=C(Nc1ccc(C(=O)Nc2nccs2)cc1)c1ccc2c(c1)C(=O)N(c1ccccc1-c1ccccc1)C2=O. The molecule has 0 bridgehead atoms. The predicted octanol–water partition coefficient (Wildman–Crippen LogP) is 6.12. The van der Waals surface area contributed by atoms with Crippen LogP contribution >= 0.6 is 11.3 Å². The second-order valence-electron chi connectivity index (χ2n) is 8.91. The largest absolute Gasteiger partial charge is 0.322 e. The maximum absolute atomic E-state index is 13.5. The number of amides is 4. The number of carbonyl (C=O) groups excluding carboxylic acids is 4. The molecule has 194 valence electrons. The van der Waals surface area contributed by atoms with E-state index in [9.17, 15) is 19.2 Å². The third-order valence-electron chi connectivity index (χ3n) is 6.44. The highest BCUT2D eigenvalue weighted by molar-refractivity contribution is 7.13. The first-order valence-corrected chi connectivity index (χ1v) is 13.2. The van der Waals surface area contributed by atoms with Crippen LogP contribution in [0.1, 0.15) is 41.4 Å². The summed E-state index contributed by atoms with van der Waals surface area (Å²) in [6, 6.07) is 27.6. The van der Waals surface area contributed by atoms with Crippen molar-refractivity contribution in [1.29, 1.82) is 0 Å². The molecule has 0 saturated carbocycles. The Morgan fingerprint density at radius 3 is 2.10 bits per heavy atom. The van der Waals surface area contributed by atoms with Crippen LogP contribution in [-0.4, -0.2) is 28.6 Å². The van der Waals surface area contributed by atoms with E-state index in [-0.39, 0.29) is 22.6 Å². The van der Waals surface area contributed by atoms with E-state index in [1.54, 1.807) is 48.0 Å². The minimum Gasteiger partial charge on any atom is -0.322 e. The standard InChI is InChI=1S/C31H20N4O4S/c36-27(34-31-32-16-17-40-31)20-10-13-22(14-11-20)33-28(37)21-12-15-24-25(18-21)30(39)35(29(24)38)26-9-5-4-8-23(26)19-6-2-1-3-7-19/h1-18H,(H,33,37)(H,32,34,36). The van der Waals surface area contributed by atoms with Crippen molar-refractivity contribution < 1.29 is 19.2 Å². The smallest absolute Gasteiger partial charge is 0.266 e. The van der Waals surface area contributed by atoms with Crippen LogP contribution in [0.2, 0.25) is 0 Å². The van der Waals surface area contributed by atoms with Gasteiger partial charge in [0.2, 0.25) is 0 Å². The zero-order valence-electron chi connectivity index (χ0n) is 20.8. The maximum atomic E-state index is 13.5. The van der Waals surface area contributed by atoms with Crippen molar-refractivity contribution in [3.63, 3.8) is 0 Å². The highest BCUT2D eigenvalue weighted by atomic mass is 32.1. The molecule has 0 radical (unpaired) electrons. The Hall–Kier alpha value is -5.41. The van der Waals surface area contributed by atoms with Crippen LogP contribution in [0.5, 0.6) is 0 Å². The van der Waals surface area contributed by atoms with Gasteiger partial charge in [-0.15, -0.1) is 11.3 Å². The number of anilines is 3. The second-order valence-corrected chi connectivity index (χ2v) is 9.81. The summed E-state index contributed by atoms with van der Waals surface area (Å²) in [5.74, 6) is -1.70. The topological polar surface area (TPSA) is 108 Å². The molecule has 9 heteroatoms. The number of fused-ring (bicyclic) bond motifs is 1. The normalized spacial score (nSPS) is 12.2. The van der Waals surface area contributed by atoms with Gasteiger partial charge in [-0.1, -0.05) is 48.5 Å². The maximum Gasteiger partial charge on any atom is 0.266 e. The van der Waals surface area contributed by atoms with Crippen LogP contribution in [0.15, 0.2) is 109 Å². The Morgan fingerprint density at radius 1 is 0.675 bits per heavy atom. The monoisotopic (exact) mass is 544 g/mol. The summed E-state index contributed by atoms with van der Waals surface area (Å²) in [6.45, 7) is 0. The van der Waals surface area contributed by atoms with Crippen LogP contribution in [0, 0.1) is 0 Å². The number of carbonyl (C=O) groups is 4. The van der Waals surface area contributed by atoms with E-state index >= 15 is 0 Å². The molecular weight excluding hydrogens is 524 g/mol. The molecule has 1 aromatic heterocycles. The summed E-state index contributed by atoms with van der Waals surface area (Å²) in [6.07, 6.45) is 1.60. The molecule has 1 aliphatic heterocycles.